The van der Waals surface area contributed by atoms with Gasteiger partial charge >= 0.3 is 0 Å². The second-order valence-corrected chi connectivity index (χ2v) is 11.2. The summed E-state index contributed by atoms with van der Waals surface area (Å²) in [4.78, 5) is 28.6. The van der Waals surface area contributed by atoms with E-state index < -0.39 is 0 Å². The molecular formula is C26H22ClN5O2S2. The Morgan fingerprint density at radius 3 is 2.64 bits per heavy atom. The average molecular weight is 536 g/mol. The third kappa shape index (κ3) is 4.31. The van der Waals surface area contributed by atoms with Crippen molar-refractivity contribution in [2.75, 3.05) is 11.1 Å². The molecule has 2 aromatic carbocycles. The largest absolute Gasteiger partial charge is 0.325 e. The maximum atomic E-state index is 13.8. The number of amides is 1. The fourth-order valence-electron chi connectivity index (χ4n) is 4.63. The first kappa shape index (κ1) is 23.3. The molecule has 0 bridgehead atoms. The molecule has 1 aliphatic carbocycles. The van der Waals surface area contributed by atoms with Gasteiger partial charge in [0.1, 0.15) is 4.83 Å². The maximum Gasteiger partial charge on any atom is 0.264 e. The minimum Gasteiger partial charge on any atom is -0.325 e. The van der Waals surface area contributed by atoms with Gasteiger partial charge < -0.3 is 5.32 Å². The van der Waals surface area contributed by atoms with Crippen molar-refractivity contribution in [2.24, 2.45) is 0 Å². The minimum absolute atomic E-state index is 0.0230. The molecule has 0 saturated carbocycles. The van der Waals surface area contributed by atoms with Gasteiger partial charge in [0, 0.05) is 15.6 Å². The third-order valence-electron chi connectivity index (χ3n) is 6.32. The van der Waals surface area contributed by atoms with E-state index in [4.69, 9.17) is 11.6 Å². The Morgan fingerprint density at radius 2 is 1.83 bits per heavy atom. The standard InChI is InChI=1S/C26H22ClN5O2S2/c27-17-10-12-18(13-11-17)28-21(33)15-35-26-30-29-25-31(14-16-6-2-1-3-7-16)23(34)22-19-8-4-5-9-20(19)36-24(22)32(25)26/h1-3,6-7,10-13H,4-5,8-9,14-15H2,(H,28,33). The van der Waals surface area contributed by atoms with Gasteiger partial charge in [-0.15, -0.1) is 21.5 Å². The van der Waals surface area contributed by atoms with Crippen molar-refractivity contribution in [2.45, 2.75) is 37.4 Å². The molecule has 0 spiro atoms. The summed E-state index contributed by atoms with van der Waals surface area (Å²) in [7, 11) is 0. The van der Waals surface area contributed by atoms with Gasteiger partial charge in [-0.2, -0.15) is 0 Å². The summed E-state index contributed by atoms with van der Waals surface area (Å²) in [5.41, 5.74) is 2.84. The Bertz CT molecular complexity index is 1640. The van der Waals surface area contributed by atoms with Gasteiger partial charge in [-0.05, 0) is 61.1 Å². The first-order chi connectivity index (χ1) is 17.6. The number of thioether (sulfide) groups is 1. The zero-order valence-corrected chi connectivity index (χ0v) is 21.6. The van der Waals surface area contributed by atoms with E-state index in [0.717, 1.165) is 41.5 Å². The second-order valence-electron chi connectivity index (χ2n) is 8.73. The summed E-state index contributed by atoms with van der Waals surface area (Å²) >= 11 is 8.90. The molecule has 1 amide bonds. The SMILES string of the molecule is O=C(CSc1nnc2n(Cc3ccccc3)c(=O)c3c4c(sc3n12)CCCC4)Nc1ccc(Cl)cc1. The lowest BCUT2D eigenvalue weighted by Gasteiger charge is -2.12. The number of aryl methyl sites for hydroxylation is 2. The fraction of sp³-hybridized carbons (Fsp3) is 0.231. The summed E-state index contributed by atoms with van der Waals surface area (Å²) in [6.07, 6.45) is 4.12. The van der Waals surface area contributed by atoms with Gasteiger partial charge in [0.25, 0.3) is 5.56 Å². The highest BCUT2D eigenvalue weighted by atomic mass is 35.5. The molecular weight excluding hydrogens is 514 g/mol. The number of aromatic nitrogens is 4. The summed E-state index contributed by atoms with van der Waals surface area (Å²) in [5, 5.41) is 13.7. The highest BCUT2D eigenvalue weighted by Gasteiger charge is 2.25. The molecule has 10 heteroatoms. The molecule has 6 rings (SSSR count). The van der Waals surface area contributed by atoms with Crippen LogP contribution in [0, 0.1) is 0 Å². The number of benzene rings is 2. The van der Waals surface area contributed by atoms with Crippen LogP contribution in [0.4, 0.5) is 5.69 Å². The Labute approximate surface area is 220 Å². The average Bonchev–Trinajstić information content (AvgIpc) is 3.49. The van der Waals surface area contributed by atoms with Crippen LogP contribution in [-0.2, 0) is 24.2 Å². The van der Waals surface area contributed by atoms with Crippen LogP contribution in [0.5, 0.6) is 0 Å². The van der Waals surface area contributed by atoms with Crippen LogP contribution >= 0.6 is 34.7 Å². The molecule has 5 aromatic rings. The molecule has 182 valence electrons. The number of nitrogens with one attached hydrogen (secondary N) is 1. The predicted molar refractivity (Wildman–Crippen MR) is 146 cm³/mol. The van der Waals surface area contributed by atoms with E-state index in [2.05, 4.69) is 15.5 Å². The first-order valence-electron chi connectivity index (χ1n) is 11.7. The van der Waals surface area contributed by atoms with Crippen molar-refractivity contribution < 1.29 is 4.79 Å². The van der Waals surface area contributed by atoms with Crippen LogP contribution in [0.1, 0.15) is 28.8 Å². The van der Waals surface area contributed by atoms with Crippen LogP contribution in [0.3, 0.4) is 0 Å². The molecule has 0 fully saturated rings. The highest BCUT2D eigenvalue weighted by molar-refractivity contribution is 7.99. The monoisotopic (exact) mass is 535 g/mol. The Kier molecular flexibility index (Phi) is 6.29. The number of rotatable bonds is 6. The van der Waals surface area contributed by atoms with Crippen LogP contribution in [0.15, 0.2) is 64.5 Å². The number of nitrogens with zero attached hydrogens (tertiary/aromatic N) is 4. The number of halogens is 1. The molecule has 0 unspecified atom stereocenters. The van der Waals surface area contributed by atoms with Crippen molar-refractivity contribution >= 4 is 62.3 Å². The lowest BCUT2D eigenvalue weighted by molar-refractivity contribution is -0.113. The number of thiophene rings is 1. The lowest BCUT2D eigenvalue weighted by atomic mass is 9.97. The first-order valence-corrected chi connectivity index (χ1v) is 13.9. The number of fused-ring (bicyclic) bond motifs is 5. The van der Waals surface area contributed by atoms with Gasteiger partial charge in [-0.1, -0.05) is 53.7 Å². The molecule has 7 nitrogen and oxygen atoms in total. The molecule has 3 heterocycles. The van der Waals surface area contributed by atoms with Crippen LogP contribution in [0.2, 0.25) is 5.02 Å². The normalized spacial score (nSPS) is 13.2. The fourth-order valence-corrected chi connectivity index (χ4v) is 6.93. The number of carbonyl (C=O) groups excluding carboxylic acids is 1. The van der Waals surface area contributed by atoms with E-state index >= 15 is 0 Å². The molecule has 1 aliphatic rings. The summed E-state index contributed by atoms with van der Waals surface area (Å²) in [5.74, 6) is 0.502. The van der Waals surface area contributed by atoms with E-state index in [0.29, 0.717) is 28.2 Å². The quantitative estimate of drug-likeness (QED) is 0.294. The van der Waals surface area contributed by atoms with Crippen molar-refractivity contribution in [1.82, 2.24) is 19.2 Å². The molecule has 0 atom stereocenters. The molecule has 0 saturated heterocycles. The lowest BCUT2D eigenvalue weighted by Crippen LogP contribution is -2.24. The van der Waals surface area contributed by atoms with E-state index in [1.54, 1.807) is 40.2 Å². The van der Waals surface area contributed by atoms with Crippen molar-refractivity contribution in [3.05, 3.63) is 86.0 Å². The summed E-state index contributed by atoms with van der Waals surface area (Å²) in [6, 6.07) is 16.9. The van der Waals surface area contributed by atoms with E-state index in [1.807, 2.05) is 34.7 Å². The van der Waals surface area contributed by atoms with E-state index in [9.17, 15) is 9.59 Å². The molecule has 0 radical (unpaired) electrons. The van der Waals surface area contributed by atoms with Gasteiger partial charge in [0.2, 0.25) is 11.7 Å². The number of carbonyl (C=O) groups is 1. The van der Waals surface area contributed by atoms with Crippen molar-refractivity contribution in [1.29, 1.82) is 0 Å². The third-order valence-corrected chi connectivity index (χ3v) is 8.77. The Morgan fingerprint density at radius 1 is 1.06 bits per heavy atom. The zero-order valence-electron chi connectivity index (χ0n) is 19.2. The van der Waals surface area contributed by atoms with Crippen LogP contribution in [-0.4, -0.2) is 30.8 Å². The van der Waals surface area contributed by atoms with Gasteiger partial charge in [0.05, 0.1) is 17.7 Å². The smallest absolute Gasteiger partial charge is 0.264 e. The topological polar surface area (TPSA) is 81.3 Å². The van der Waals surface area contributed by atoms with Crippen LogP contribution in [0.25, 0.3) is 16.0 Å². The zero-order chi connectivity index (χ0) is 24.6. The number of hydrogen-bond donors (Lipinski definition) is 1. The van der Waals surface area contributed by atoms with Gasteiger partial charge in [-0.25, -0.2) is 4.40 Å². The maximum absolute atomic E-state index is 13.8. The molecule has 0 aliphatic heterocycles. The molecule has 36 heavy (non-hydrogen) atoms. The van der Waals surface area contributed by atoms with E-state index in [-0.39, 0.29) is 17.2 Å². The molecule has 1 N–H and O–H groups in total. The van der Waals surface area contributed by atoms with Gasteiger partial charge in [-0.3, -0.25) is 14.2 Å². The van der Waals surface area contributed by atoms with Crippen molar-refractivity contribution in [3.8, 4) is 0 Å². The Hall–Kier alpha value is -3.14. The summed E-state index contributed by atoms with van der Waals surface area (Å²) in [6.45, 7) is 0.406. The number of hydrogen-bond acceptors (Lipinski definition) is 6. The minimum atomic E-state index is -0.154. The highest BCUT2D eigenvalue weighted by Crippen LogP contribution is 2.36. The van der Waals surface area contributed by atoms with Crippen molar-refractivity contribution in [3.63, 3.8) is 0 Å². The van der Waals surface area contributed by atoms with E-state index in [1.165, 1.54) is 22.2 Å². The second kappa shape index (κ2) is 9.72. The Balaban J connectivity index is 1.40. The predicted octanol–water partition coefficient (Wildman–Crippen LogP) is 5.42. The molecule has 3 aromatic heterocycles. The van der Waals surface area contributed by atoms with Crippen LogP contribution < -0.4 is 10.9 Å². The number of anilines is 1. The summed E-state index contributed by atoms with van der Waals surface area (Å²) < 4.78 is 3.67. The van der Waals surface area contributed by atoms with Gasteiger partial charge in [0.15, 0.2) is 5.16 Å².